The molecule has 0 radical (unpaired) electrons. The summed E-state index contributed by atoms with van der Waals surface area (Å²) in [6.45, 7) is 2.11. The van der Waals surface area contributed by atoms with Gasteiger partial charge in [0.15, 0.2) is 0 Å². The summed E-state index contributed by atoms with van der Waals surface area (Å²) in [7, 11) is 1.76. The summed E-state index contributed by atoms with van der Waals surface area (Å²) in [6, 6.07) is 2.07. The third-order valence-corrected chi connectivity index (χ3v) is 5.78. The molecule has 2 aliphatic rings. The van der Waals surface area contributed by atoms with Gasteiger partial charge in [0.05, 0.1) is 24.1 Å². The van der Waals surface area contributed by atoms with Crippen molar-refractivity contribution in [1.29, 1.82) is 0 Å². The summed E-state index contributed by atoms with van der Waals surface area (Å²) in [5.74, 6) is -0.769. The van der Waals surface area contributed by atoms with Crippen molar-refractivity contribution >= 4 is 23.2 Å². The second-order valence-corrected chi connectivity index (χ2v) is 7.74. The first-order valence-corrected chi connectivity index (χ1v) is 9.27. The molecule has 6 nitrogen and oxygen atoms in total. The topological polar surface area (TPSA) is 70.1 Å². The van der Waals surface area contributed by atoms with Crippen LogP contribution in [0, 0.1) is 0 Å². The van der Waals surface area contributed by atoms with Gasteiger partial charge in [0, 0.05) is 24.5 Å². The molecule has 1 fully saturated rings. The molecule has 7 heteroatoms. The largest absolute Gasteiger partial charge is 0.480 e. The minimum atomic E-state index is -0.856. The van der Waals surface area contributed by atoms with Gasteiger partial charge in [0.1, 0.15) is 0 Å². The van der Waals surface area contributed by atoms with E-state index in [4.69, 9.17) is 9.84 Å². The molecule has 1 aromatic heterocycles. The van der Waals surface area contributed by atoms with E-state index in [2.05, 4.69) is 6.07 Å². The van der Waals surface area contributed by atoms with Crippen LogP contribution in [-0.2, 0) is 22.4 Å². The number of carboxylic acids is 1. The number of nitrogens with zero attached hydrogens (tertiary/aromatic N) is 2. The Hall–Kier alpha value is -1.44. The SMILES string of the molecule is CN(CC(=O)O)CC1CN(C(=O)c2cc3c(s2)CCCC3)CCO1. The van der Waals surface area contributed by atoms with Crippen LogP contribution in [0.1, 0.15) is 33.0 Å². The third kappa shape index (κ3) is 4.15. The molecule has 0 spiro atoms. The molecule has 1 aliphatic heterocycles. The Kier molecular flexibility index (Phi) is 5.53. The van der Waals surface area contributed by atoms with Gasteiger partial charge < -0.3 is 14.7 Å². The van der Waals surface area contributed by atoms with Gasteiger partial charge in [-0.05, 0) is 44.4 Å². The van der Waals surface area contributed by atoms with E-state index in [1.54, 1.807) is 23.3 Å². The van der Waals surface area contributed by atoms with Gasteiger partial charge in [-0.1, -0.05) is 0 Å². The van der Waals surface area contributed by atoms with E-state index in [0.29, 0.717) is 26.2 Å². The van der Waals surface area contributed by atoms with Gasteiger partial charge in [-0.25, -0.2) is 0 Å². The minimum absolute atomic E-state index is 0.0224. The first-order valence-electron chi connectivity index (χ1n) is 8.45. The van der Waals surface area contributed by atoms with Gasteiger partial charge in [0.2, 0.25) is 0 Å². The number of carbonyl (C=O) groups excluding carboxylic acids is 1. The number of morpholine rings is 1. The maximum absolute atomic E-state index is 12.8. The summed E-state index contributed by atoms with van der Waals surface area (Å²) in [5.41, 5.74) is 1.35. The molecule has 1 atom stereocenters. The van der Waals surface area contributed by atoms with Crippen LogP contribution in [0.2, 0.25) is 0 Å². The molecule has 24 heavy (non-hydrogen) atoms. The van der Waals surface area contributed by atoms with Crippen molar-refractivity contribution in [3.63, 3.8) is 0 Å². The Morgan fingerprint density at radius 2 is 2.21 bits per heavy atom. The average Bonchev–Trinajstić information content (AvgIpc) is 2.97. The molecular formula is C17H24N2O4S. The summed E-state index contributed by atoms with van der Waals surface area (Å²) in [5, 5.41) is 8.84. The van der Waals surface area contributed by atoms with Crippen LogP contribution in [0.15, 0.2) is 6.07 Å². The smallest absolute Gasteiger partial charge is 0.317 e. The predicted molar refractivity (Wildman–Crippen MR) is 91.7 cm³/mol. The van der Waals surface area contributed by atoms with E-state index in [-0.39, 0.29) is 18.6 Å². The number of carbonyl (C=O) groups is 2. The van der Waals surface area contributed by atoms with Crippen molar-refractivity contribution in [3.8, 4) is 0 Å². The quantitative estimate of drug-likeness (QED) is 0.869. The van der Waals surface area contributed by atoms with Crippen molar-refractivity contribution in [2.24, 2.45) is 0 Å². The van der Waals surface area contributed by atoms with E-state index in [1.165, 1.54) is 23.3 Å². The van der Waals surface area contributed by atoms with Crippen molar-refractivity contribution in [2.75, 3.05) is 39.8 Å². The second kappa shape index (κ2) is 7.63. The lowest BCUT2D eigenvalue weighted by atomic mass is 9.99. The Morgan fingerprint density at radius 3 is 2.96 bits per heavy atom. The second-order valence-electron chi connectivity index (χ2n) is 6.60. The van der Waals surface area contributed by atoms with Crippen LogP contribution in [-0.4, -0.2) is 72.7 Å². The number of likely N-dealkylation sites (N-methyl/N-ethyl adjacent to an activating group) is 1. The first kappa shape index (κ1) is 17.4. The number of aliphatic carboxylic acids is 1. The van der Waals surface area contributed by atoms with Crippen LogP contribution in [0.5, 0.6) is 0 Å². The van der Waals surface area contributed by atoms with E-state index in [0.717, 1.165) is 17.7 Å². The molecule has 0 aromatic carbocycles. The van der Waals surface area contributed by atoms with Crippen LogP contribution in [0.3, 0.4) is 0 Å². The fourth-order valence-corrected chi connectivity index (χ4v) is 4.63. The van der Waals surface area contributed by atoms with E-state index in [1.807, 2.05) is 4.90 Å². The van der Waals surface area contributed by atoms with Crippen LogP contribution in [0.4, 0.5) is 0 Å². The van der Waals surface area contributed by atoms with Gasteiger partial charge in [-0.2, -0.15) is 0 Å². The van der Waals surface area contributed by atoms with Crippen LogP contribution >= 0.6 is 11.3 Å². The molecule has 132 valence electrons. The number of hydrogen-bond acceptors (Lipinski definition) is 5. The Balaban J connectivity index is 1.60. The zero-order valence-electron chi connectivity index (χ0n) is 14.0. The molecule has 1 aliphatic carbocycles. The summed E-state index contributed by atoms with van der Waals surface area (Å²) < 4.78 is 5.70. The van der Waals surface area contributed by atoms with Gasteiger partial charge in [-0.3, -0.25) is 14.5 Å². The number of aryl methyl sites for hydroxylation is 2. The number of ether oxygens (including phenoxy) is 1. The van der Waals surface area contributed by atoms with Crippen molar-refractivity contribution in [2.45, 2.75) is 31.8 Å². The van der Waals surface area contributed by atoms with E-state index < -0.39 is 5.97 Å². The molecule has 3 rings (SSSR count). The fraction of sp³-hybridized carbons (Fsp3) is 0.647. The molecule has 1 N–H and O–H groups in total. The highest BCUT2D eigenvalue weighted by Crippen LogP contribution is 2.30. The van der Waals surface area contributed by atoms with Crippen LogP contribution in [0.25, 0.3) is 0 Å². The number of rotatable bonds is 5. The highest BCUT2D eigenvalue weighted by Gasteiger charge is 2.28. The number of thiophene rings is 1. The highest BCUT2D eigenvalue weighted by molar-refractivity contribution is 7.14. The normalized spacial score (nSPS) is 20.9. The maximum atomic E-state index is 12.8. The van der Waals surface area contributed by atoms with Crippen molar-refractivity contribution in [3.05, 3.63) is 21.4 Å². The third-order valence-electron chi connectivity index (χ3n) is 4.55. The fourth-order valence-electron chi connectivity index (χ4n) is 3.41. The molecule has 1 aromatic rings. The van der Waals surface area contributed by atoms with Crippen molar-refractivity contribution in [1.82, 2.24) is 9.80 Å². The number of carboxylic acid groups (broad SMARTS) is 1. The molecule has 1 amide bonds. The Labute approximate surface area is 146 Å². The van der Waals surface area contributed by atoms with E-state index >= 15 is 0 Å². The predicted octanol–water partition coefficient (Wildman–Crippen LogP) is 1.48. The Bertz CT molecular complexity index is 592. The number of amides is 1. The van der Waals surface area contributed by atoms with E-state index in [9.17, 15) is 9.59 Å². The Morgan fingerprint density at radius 1 is 1.42 bits per heavy atom. The van der Waals surface area contributed by atoms with Gasteiger partial charge in [0.25, 0.3) is 5.91 Å². The summed E-state index contributed by atoms with van der Waals surface area (Å²) in [4.78, 5) is 29.3. The summed E-state index contributed by atoms with van der Waals surface area (Å²) >= 11 is 1.64. The average molecular weight is 352 g/mol. The number of hydrogen-bond donors (Lipinski definition) is 1. The lowest BCUT2D eigenvalue weighted by molar-refractivity contribution is -0.138. The molecule has 1 unspecified atom stereocenters. The first-order chi connectivity index (χ1) is 11.5. The summed E-state index contributed by atoms with van der Waals surface area (Å²) in [6.07, 6.45) is 4.48. The maximum Gasteiger partial charge on any atom is 0.317 e. The van der Waals surface area contributed by atoms with Crippen LogP contribution < -0.4 is 0 Å². The lowest BCUT2D eigenvalue weighted by Gasteiger charge is -2.34. The zero-order valence-corrected chi connectivity index (χ0v) is 14.8. The van der Waals surface area contributed by atoms with Gasteiger partial charge >= 0.3 is 5.97 Å². The zero-order chi connectivity index (χ0) is 17.1. The highest BCUT2D eigenvalue weighted by atomic mass is 32.1. The molecule has 0 bridgehead atoms. The van der Waals surface area contributed by atoms with Gasteiger partial charge in [-0.15, -0.1) is 11.3 Å². The lowest BCUT2D eigenvalue weighted by Crippen LogP contribution is -2.49. The molecule has 2 heterocycles. The standard InChI is InChI=1S/C17H24N2O4S/c1-18(11-16(20)21)9-13-10-19(6-7-23-13)17(22)15-8-12-4-2-3-5-14(12)24-15/h8,13H,2-7,9-11H2,1H3,(H,20,21). The van der Waals surface area contributed by atoms with Crippen molar-refractivity contribution < 1.29 is 19.4 Å². The number of fused-ring (bicyclic) bond motifs is 1. The molecule has 0 saturated carbocycles. The molecular weight excluding hydrogens is 328 g/mol. The molecule has 1 saturated heterocycles. The monoisotopic (exact) mass is 352 g/mol. The minimum Gasteiger partial charge on any atom is -0.480 e.